The number of nitrogens with zero attached hydrogens (tertiary/aromatic N) is 1. The number of furan rings is 1. The van der Waals surface area contributed by atoms with E-state index in [4.69, 9.17) is 8.83 Å². The Morgan fingerprint density at radius 1 is 1.14 bits per heavy atom. The fourth-order valence-corrected chi connectivity index (χ4v) is 2.50. The van der Waals surface area contributed by atoms with Gasteiger partial charge in [-0.3, -0.25) is 0 Å². The Morgan fingerprint density at radius 2 is 1.90 bits per heavy atom. The van der Waals surface area contributed by atoms with Crippen molar-refractivity contribution >= 4 is 5.69 Å². The molecular weight excluding hydrogens is 264 g/mol. The van der Waals surface area contributed by atoms with Gasteiger partial charge in [0.1, 0.15) is 11.5 Å². The third-order valence-corrected chi connectivity index (χ3v) is 3.53. The first kappa shape index (κ1) is 13.5. The van der Waals surface area contributed by atoms with Crippen LogP contribution in [0.15, 0.2) is 51.8 Å². The zero-order valence-corrected chi connectivity index (χ0v) is 12.4. The van der Waals surface area contributed by atoms with E-state index < -0.39 is 0 Å². The fourth-order valence-electron chi connectivity index (χ4n) is 2.50. The lowest BCUT2D eigenvalue weighted by molar-refractivity contribution is 0.500. The molecule has 0 aliphatic rings. The van der Waals surface area contributed by atoms with Crippen molar-refractivity contribution in [1.29, 1.82) is 0 Å². The average Bonchev–Trinajstić information content (AvgIpc) is 3.09. The summed E-state index contributed by atoms with van der Waals surface area (Å²) >= 11 is 0. The summed E-state index contributed by atoms with van der Waals surface area (Å²) in [5.41, 5.74) is 3.26. The smallest absolute Gasteiger partial charge is 0.181 e. The summed E-state index contributed by atoms with van der Waals surface area (Å²) < 4.78 is 10.9. The van der Waals surface area contributed by atoms with Gasteiger partial charge >= 0.3 is 0 Å². The van der Waals surface area contributed by atoms with Gasteiger partial charge in [-0.05, 0) is 51.1 Å². The lowest BCUT2D eigenvalue weighted by atomic mass is 10.1. The molecule has 0 spiro atoms. The van der Waals surface area contributed by atoms with Gasteiger partial charge in [0.15, 0.2) is 12.2 Å². The van der Waals surface area contributed by atoms with Gasteiger partial charge in [-0.1, -0.05) is 0 Å². The molecule has 0 aliphatic heterocycles. The second-order valence-electron chi connectivity index (χ2n) is 5.18. The standard InChI is InChI=1S/C17H18N2O2/c1-11-8-16(13(3)21-11)12(2)19-15-6-4-14(5-7-15)17-9-18-10-20-17/h4-10,12,19H,1-3H3. The first-order valence-corrected chi connectivity index (χ1v) is 6.96. The van der Waals surface area contributed by atoms with Crippen LogP contribution >= 0.6 is 0 Å². The minimum absolute atomic E-state index is 0.193. The Balaban J connectivity index is 1.74. The Bertz CT molecular complexity index is 712. The number of anilines is 1. The molecule has 1 aromatic carbocycles. The van der Waals surface area contributed by atoms with Crippen LogP contribution in [0.5, 0.6) is 0 Å². The third-order valence-electron chi connectivity index (χ3n) is 3.53. The third kappa shape index (κ3) is 2.84. The number of aryl methyl sites for hydroxylation is 2. The molecule has 0 bridgehead atoms. The number of hydrogen-bond donors (Lipinski definition) is 1. The van der Waals surface area contributed by atoms with E-state index in [9.17, 15) is 0 Å². The van der Waals surface area contributed by atoms with E-state index in [1.807, 2.05) is 38.1 Å². The molecule has 2 aromatic heterocycles. The van der Waals surface area contributed by atoms with Crippen molar-refractivity contribution in [2.24, 2.45) is 0 Å². The van der Waals surface area contributed by atoms with Crippen LogP contribution in [0.3, 0.4) is 0 Å². The number of rotatable bonds is 4. The second kappa shape index (κ2) is 5.48. The maximum atomic E-state index is 5.58. The highest BCUT2D eigenvalue weighted by molar-refractivity contribution is 5.60. The summed E-state index contributed by atoms with van der Waals surface area (Å²) in [6.07, 6.45) is 3.15. The van der Waals surface area contributed by atoms with Crippen molar-refractivity contribution in [2.75, 3.05) is 5.32 Å². The molecule has 108 valence electrons. The van der Waals surface area contributed by atoms with E-state index in [0.29, 0.717) is 0 Å². The van der Waals surface area contributed by atoms with E-state index in [1.54, 1.807) is 6.20 Å². The second-order valence-corrected chi connectivity index (χ2v) is 5.18. The van der Waals surface area contributed by atoms with Gasteiger partial charge in [0, 0.05) is 16.8 Å². The lowest BCUT2D eigenvalue weighted by Crippen LogP contribution is -2.06. The molecule has 0 saturated heterocycles. The largest absolute Gasteiger partial charge is 0.466 e. The SMILES string of the molecule is Cc1cc(C(C)Nc2ccc(-c3cnco3)cc2)c(C)o1. The van der Waals surface area contributed by atoms with Gasteiger partial charge in [-0.2, -0.15) is 0 Å². The highest BCUT2D eigenvalue weighted by Crippen LogP contribution is 2.26. The normalized spacial score (nSPS) is 12.3. The van der Waals surface area contributed by atoms with Gasteiger partial charge in [0.05, 0.1) is 12.2 Å². The summed E-state index contributed by atoms with van der Waals surface area (Å²) in [5.74, 6) is 2.68. The summed E-state index contributed by atoms with van der Waals surface area (Å²) in [6.45, 7) is 6.09. The van der Waals surface area contributed by atoms with Crippen LogP contribution < -0.4 is 5.32 Å². The maximum Gasteiger partial charge on any atom is 0.181 e. The van der Waals surface area contributed by atoms with Crippen LogP contribution in [0.25, 0.3) is 11.3 Å². The van der Waals surface area contributed by atoms with Crippen molar-refractivity contribution in [3.63, 3.8) is 0 Å². The Morgan fingerprint density at radius 3 is 2.48 bits per heavy atom. The van der Waals surface area contributed by atoms with Crippen molar-refractivity contribution < 1.29 is 8.83 Å². The Kier molecular flexibility index (Phi) is 3.52. The van der Waals surface area contributed by atoms with E-state index in [1.165, 1.54) is 12.0 Å². The number of hydrogen-bond acceptors (Lipinski definition) is 4. The van der Waals surface area contributed by atoms with Crippen LogP contribution in [0.2, 0.25) is 0 Å². The molecular formula is C17H18N2O2. The van der Waals surface area contributed by atoms with Gasteiger partial charge in [-0.15, -0.1) is 0 Å². The molecule has 1 N–H and O–H groups in total. The van der Waals surface area contributed by atoms with Crippen LogP contribution in [-0.2, 0) is 0 Å². The number of benzene rings is 1. The molecule has 21 heavy (non-hydrogen) atoms. The van der Waals surface area contributed by atoms with Crippen molar-refractivity contribution in [3.05, 3.63) is 60.0 Å². The predicted octanol–water partition coefficient (Wildman–Crippen LogP) is 4.72. The zero-order chi connectivity index (χ0) is 14.8. The number of aromatic nitrogens is 1. The molecule has 0 fully saturated rings. The van der Waals surface area contributed by atoms with E-state index >= 15 is 0 Å². The van der Waals surface area contributed by atoms with E-state index in [0.717, 1.165) is 28.5 Å². The van der Waals surface area contributed by atoms with Crippen LogP contribution in [0, 0.1) is 13.8 Å². The summed E-state index contributed by atoms with van der Waals surface area (Å²) in [7, 11) is 0. The minimum atomic E-state index is 0.193. The average molecular weight is 282 g/mol. The van der Waals surface area contributed by atoms with Crippen molar-refractivity contribution in [1.82, 2.24) is 4.98 Å². The molecule has 3 aromatic rings. The van der Waals surface area contributed by atoms with Gasteiger partial charge in [0.25, 0.3) is 0 Å². The topological polar surface area (TPSA) is 51.2 Å². The summed E-state index contributed by atoms with van der Waals surface area (Å²) in [4.78, 5) is 3.93. The lowest BCUT2D eigenvalue weighted by Gasteiger charge is -2.14. The van der Waals surface area contributed by atoms with Crippen molar-refractivity contribution in [3.8, 4) is 11.3 Å². The number of oxazole rings is 1. The predicted molar refractivity (Wildman–Crippen MR) is 82.2 cm³/mol. The molecule has 2 heterocycles. The monoisotopic (exact) mass is 282 g/mol. The summed E-state index contributed by atoms with van der Waals surface area (Å²) in [5, 5.41) is 3.48. The molecule has 0 saturated carbocycles. The summed E-state index contributed by atoms with van der Waals surface area (Å²) in [6, 6.07) is 10.4. The van der Waals surface area contributed by atoms with Crippen LogP contribution in [0.1, 0.15) is 30.0 Å². The molecule has 4 nitrogen and oxygen atoms in total. The quantitative estimate of drug-likeness (QED) is 0.752. The molecule has 4 heteroatoms. The Labute approximate surface area is 123 Å². The highest BCUT2D eigenvalue weighted by atomic mass is 16.3. The first-order valence-electron chi connectivity index (χ1n) is 6.96. The van der Waals surface area contributed by atoms with Gasteiger partial charge in [-0.25, -0.2) is 4.98 Å². The molecule has 1 atom stereocenters. The van der Waals surface area contributed by atoms with Gasteiger partial charge in [0.2, 0.25) is 0 Å². The molecule has 0 radical (unpaired) electrons. The Hall–Kier alpha value is -2.49. The fraction of sp³-hybridized carbons (Fsp3) is 0.235. The molecule has 0 aliphatic carbocycles. The highest BCUT2D eigenvalue weighted by Gasteiger charge is 2.12. The van der Waals surface area contributed by atoms with Crippen LogP contribution in [0.4, 0.5) is 5.69 Å². The first-order chi connectivity index (χ1) is 10.1. The maximum absolute atomic E-state index is 5.58. The zero-order valence-electron chi connectivity index (χ0n) is 12.4. The number of nitrogens with one attached hydrogen (secondary N) is 1. The van der Waals surface area contributed by atoms with Gasteiger partial charge < -0.3 is 14.2 Å². The van der Waals surface area contributed by atoms with Crippen molar-refractivity contribution in [2.45, 2.75) is 26.8 Å². The van der Waals surface area contributed by atoms with Crippen LogP contribution in [-0.4, -0.2) is 4.98 Å². The molecule has 1 unspecified atom stereocenters. The molecule has 0 amide bonds. The minimum Gasteiger partial charge on any atom is -0.466 e. The van der Waals surface area contributed by atoms with E-state index in [2.05, 4.69) is 23.3 Å². The van der Waals surface area contributed by atoms with E-state index in [-0.39, 0.29) is 6.04 Å². The molecule has 3 rings (SSSR count).